The largest absolute Gasteiger partial charge is 0.444 e. The Bertz CT molecular complexity index is 765. The zero-order valence-corrected chi connectivity index (χ0v) is 15.5. The van der Waals surface area contributed by atoms with Crippen LogP contribution in [0.1, 0.15) is 44.2 Å². The Morgan fingerprint density at radius 3 is 2.80 bits per heavy atom. The second kappa shape index (κ2) is 6.63. The van der Waals surface area contributed by atoms with Crippen molar-refractivity contribution in [1.29, 1.82) is 0 Å². The zero-order valence-electron chi connectivity index (χ0n) is 15.5. The molecule has 136 valence electrons. The van der Waals surface area contributed by atoms with Crippen molar-refractivity contribution in [1.82, 2.24) is 19.5 Å². The second-order valence-electron chi connectivity index (χ2n) is 7.57. The van der Waals surface area contributed by atoms with Crippen LogP contribution >= 0.6 is 0 Å². The van der Waals surface area contributed by atoms with Gasteiger partial charge in [0.15, 0.2) is 5.65 Å². The minimum atomic E-state index is -0.495. The minimum Gasteiger partial charge on any atom is -0.444 e. The summed E-state index contributed by atoms with van der Waals surface area (Å²) in [4.78, 5) is 18.3. The summed E-state index contributed by atoms with van der Waals surface area (Å²) >= 11 is 0. The van der Waals surface area contributed by atoms with E-state index in [1.54, 1.807) is 22.9 Å². The molecular formula is C18H26N4O3. The maximum Gasteiger partial charge on any atom is 0.410 e. The Balaban J connectivity index is 1.79. The standard InChI is InChI=1S/C18H26N4O3/c1-12-8-16-19-11-20-22(16)9-14(12)13-6-7-21(10-15(13)24-5)17(23)25-18(2,3)4/h8-9,11,13,15H,6-7,10H2,1-5H3/t13-,15+/m0/s1. The number of carbonyl (C=O) groups excluding carboxylic acids is 1. The van der Waals surface area contributed by atoms with E-state index in [-0.39, 0.29) is 18.1 Å². The monoisotopic (exact) mass is 346 g/mol. The van der Waals surface area contributed by atoms with Crippen molar-refractivity contribution < 1.29 is 14.3 Å². The molecule has 1 aliphatic heterocycles. The highest BCUT2D eigenvalue weighted by Gasteiger charge is 2.35. The molecule has 2 aromatic rings. The summed E-state index contributed by atoms with van der Waals surface area (Å²) in [5.41, 5.74) is 2.69. The molecule has 0 saturated carbocycles. The van der Waals surface area contributed by atoms with Crippen LogP contribution in [0, 0.1) is 6.92 Å². The summed E-state index contributed by atoms with van der Waals surface area (Å²) in [5, 5.41) is 4.23. The number of amides is 1. The van der Waals surface area contributed by atoms with Crippen LogP contribution < -0.4 is 0 Å². The lowest BCUT2D eigenvalue weighted by Crippen LogP contribution is -2.48. The predicted molar refractivity (Wildman–Crippen MR) is 93.7 cm³/mol. The average molecular weight is 346 g/mol. The average Bonchev–Trinajstić information content (AvgIpc) is 2.99. The number of carbonyl (C=O) groups is 1. The van der Waals surface area contributed by atoms with E-state index < -0.39 is 5.60 Å². The summed E-state index contributed by atoms with van der Waals surface area (Å²) in [5.74, 6) is 0.206. The van der Waals surface area contributed by atoms with Crippen molar-refractivity contribution in [3.05, 3.63) is 29.7 Å². The second-order valence-corrected chi connectivity index (χ2v) is 7.57. The minimum absolute atomic E-state index is 0.0825. The number of nitrogens with zero attached hydrogens (tertiary/aromatic N) is 4. The first-order valence-electron chi connectivity index (χ1n) is 8.59. The number of fused-ring (bicyclic) bond motifs is 1. The van der Waals surface area contributed by atoms with Crippen LogP contribution in [0.25, 0.3) is 5.65 Å². The van der Waals surface area contributed by atoms with Crippen LogP contribution in [-0.2, 0) is 9.47 Å². The molecule has 7 heteroatoms. The van der Waals surface area contributed by atoms with Crippen LogP contribution in [0.15, 0.2) is 18.6 Å². The zero-order chi connectivity index (χ0) is 18.2. The van der Waals surface area contributed by atoms with Gasteiger partial charge in [0, 0.05) is 25.8 Å². The molecule has 1 fully saturated rings. The normalized spacial score (nSPS) is 21.6. The van der Waals surface area contributed by atoms with Gasteiger partial charge in [0.25, 0.3) is 0 Å². The van der Waals surface area contributed by atoms with E-state index >= 15 is 0 Å². The van der Waals surface area contributed by atoms with E-state index in [1.807, 2.05) is 33.0 Å². The summed E-state index contributed by atoms with van der Waals surface area (Å²) in [7, 11) is 1.69. The van der Waals surface area contributed by atoms with Crippen LogP contribution in [0.3, 0.4) is 0 Å². The molecular weight excluding hydrogens is 320 g/mol. The first kappa shape index (κ1) is 17.7. The van der Waals surface area contributed by atoms with Crippen LogP contribution in [-0.4, -0.2) is 57.5 Å². The highest BCUT2D eigenvalue weighted by atomic mass is 16.6. The number of pyridine rings is 1. The van der Waals surface area contributed by atoms with Gasteiger partial charge in [-0.15, -0.1) is 0 Å². The quantitative estimate of drug-likeness (QED) is 0.836. The molecule has 0 radical (unpaired) electrons. The van der Waals surface area contributed by atoms with Gasteiger partial charge in [-0.1, -0.05) is 0 Å². The topological polar surface area (TPSA) is 69.0 Å². The lowest BCUT2D eigenvalue weighted by molar-refractivity contribution is -0.0140. The van der Waals surface area contributed by atoms with Gasteiger partial charge in [-0.05, 0) is 51.3 Å². The fourth-order valence-electron chi connectivity index (χ4n) is 3.36. The highest BCUT2D eigenvalue weighted by Crippen LogP contribution is 2.33. The van der Waals surface area contributed by atoms with Crippen LogP contribution in [0.4, 0.5) is 4.79 Å². The van der Waals surface area contributed by atoms with Crippen molar-refractivity contribution in [2.45, 2.75) is 51.7 Å². The number of hydrogen-bond donors (Lipinski definition) is 0. The maximum absolute atomic E-state index is 12.4. The molecule has 2 aromatic heterocycles. The summed E-state index contributed by atoms with van der Waals surface area (Å²) in [6.07, 6.45) is 4.03. The highest BCUT2D eigenvalue weighted by molar-refractivity contribution is 5.68. The number of hydrogen-bond acceptors (Lipinski definition) is 5. The Morgan fingerprint density at radius 2 is 2.12 bits per heavy atom. The van der Waals surface area contributed by atoms with Crippen LogP contribution in [0.5, 0.6) is 0 Å². The number of methoxy groups -OCH3 is 1. The Labute approximate surface area is 147 Å². The van der Waals surface area contributed by atoms with Gasteiger partial charge in [0.2, 0.25) is 0 Å². The molecule has 0 spiro atoms. The van der Waals surface area contributed by atoms with Crippen molar-refractivity contribution >= 4 is 11.7 Å². The van der Waals surface area contributed by atoms with Gasteiger partial charge in [0.05, 0.1) is 12.6 Å². The van der Waals surface area contributed by atoms with Gasteiger partial charge in [-0.25, -0.2) is 14.3 Å². The number of aryl methyl sites for hydroxylation is 1. The third-order valence-electron chi connectivity index (χ3n) is 4.58. The number of piperidine rings is 1. The van der Waals surface area contributed by atoms with Crippen LogP contribution in [0.2, 0.25) is 0 Å². The van der Waals surface area contributed by atoms with Gasteiger partial charge < -0.3 is 14.4 Å². The van der Waals surface area contributed by atoms with E-state index in [2.05, 4.69) is 17.0 Å². The molecule has 7 nitrogen and oxygen atoms in total. The molecule has 2 atom stereocenters. The van der Waals surface area contributed by atoms with Crippen molar-refractivity contribution in [2.75, 3.05) is 20.2 Å². The summed E-state index contributed by atoms with van der Waals surface area (Å²) in [6, 6.07) is 2.04. The molecule has 0 aromatic carbocycles. The third-order valence-corrected chi connectivity index (χ3v) is 4.58. The molecule has 25 heavy (non-hydrogen) atoms. The first-order valence-corrected chi connectivity index (χ1v) is 8.59. The molecule has 0 unspecified atom stereocenters. The molecule has 0 bridgehead atoms. The van der Waals surface area contributed by atoms with E-state index in [0.29, 0.717) is 13.1 Å². The van der Waals surface area contributed by atoms with Gasteiger partial charge in [-0.3, -0.25) is 0 Å². The van der Waals surface area contributed by atoms with Crippen molar-refractivity contribution in [3.63, 3.8) is 0 Å². The van der Waals surface area contributed by atoms with Gasteiger partial charge >= 0.3 is 6.09 Å². The fourth-order valence-corrected chi connectivity index (χ4v) is 3.36. The molecule has 3 heterocycles. The Hall–Kier alpha value is -2.15. The molecule has 1 saturated heterocycles. The molecule has 1 amide bonds. The van der Waals surface area contributed by atoms with E-state index in [4.69, 9.17) is 9.47 Å². The van der Waals surface area contributed by atoms with Gasteiger partial charge in [-0.2, -0.15) is 5.10 Å². The Morgan fingerprint density at radius 1 is 1.36 bits per heavy atom. The van der Waals surface area contributed by atoms with Crippen molar-refractivity contribution in [2.24, 2.45) is 0 Å². The van der Waals surface area contributed by atoms with E-state index in [9.17, 15) is 4.79 Å². The van der Waals surface area contributed by atoms with Gasteiger partial charge in [0.1, 0.15) is 11.9 Å². The number of aromatic nitrogens is 3. The lowest BCUT2D eigenvalue weighted by Gasteiger charge is -2.38. The SMILES string of the molecule is CO[C@@H]1CN(C(=O)OC(C)(C)C)CC[C@H]1c1cn2ncnc2cc1C. The molecule has 0 aliphatic carbocycles. The van der Waals surface area contributed by atoms with E-state index in [1.165, 1.54) is 11.1 Å². The lowest BCUT2D eigenvalue weighted by atomic mass is 9.85. The number of likely N-dealkylation sites (tertiary alicyclic amines) is 1. The number of ether oxygens (including phenoxy) is 2. The first-order chi connectivity index (χ1) is 11.8. The third kappa shape index (κ3) is 3.76. The smallest absolute Gasteiger partial charge is 0.410 e. The Kier molecular flexibility index (Phi) is 4.69. The molecule has 0 N–H and O–H groups in total. The van der Waals surface area contributed by atoms with E-state index in [0.717, 1.165) is 12.1 Å². The maximum atomic E-state index is 12.4. The number of rotatable bonds is 2. The van der Waals surface area contributed by atoms with Crippen molar-refractivity contribution in [3.8, 4) is 0 Å². The molecule has 1 aliphatic rings. The summed E-state index contributed by atoms with van der Waals surface area (Å²) < 4.78 is 13.0. The molecule has 3 rings (SSSR count). The summed E-state index contributed by atoms with van der Waals surface area (Å²) in [6.45, 7) is 8.88. The predicted octanol–water partition coefficient (Wildman–Crippen LogP) is 2.78. The fraction of sp³-hybridized carbons (Fsp3) is 0.611.